The van der Waals surface area contributed by atoms with Crippen LogP contribution in [0, 0.1) is 0 Å². The number of nitrogens with zero attached hydrogens (tertiary/aromatic N) is 1. The SMILES string of the molecule is CC(C)S(=O)(=O)c1ccc(C(=O)N(Cc2ccco2)Cc2ccco2)cc1. The molecule has 0 aliphatic heterocycles. The van der Waals surface area contributed by atoms with E-state index < -0.39 is 15.1 Å². The molecule has 0 spiro atoms. The van der Waals surface area contributed by atoms with Gasteiger partial charge in [0, 0.05) is 5.56 Å². The van der Waals surface area contributed by atoms with Gasteiger partial charge < -0.3 is 13.7 Å². The van der Waals surface area contributed by atoms with Crippen molar-refractivity contribution in [3.63, 3.8) is 0 Å². The molecule has 0 saturated heterocycles. The van der Waals surface area contributed by atoms with Gasteiger partial charge in [-0.25, -0.2) is 8.42 Å². The van der Waals surface area contributed by atoms with Crippen molar-refractivity contribution >= 4 is 15.7 Å². The number of carbonyl (C=O) groups excluding carboxylic acids is 1. The molecule has 0 unspecified atom stereocenters. The Labute approximate surface area is 158 Å². The van der Waals surface area contributed by atoms with E-state index in [1.54, 1.807) is 55.5 Å². The normalized spacial score (nSPS) is 11.7. The molecular weight excluding hydrogens is 366 g/mol. The van der Waals surface area contributed by atoms with Gasteiger partial charge in [-0.2, -0.15) is 0 Å². The summed E-state index contributed by atoms with van der Waals surface area (Å²) in [5, 5.41) is -0.520. The maximum atomic E-state index is 13.0. The van der Waals surface area contributed by atoms with Crippen molar-refractivity contribution in [1.82, 2.24) is 4.90 Å². The minimum absolute atomic E-state index is 0.206. The van der Waals surface area contributed by atoms with E-state index in [9.17, 15) is 13.2 Å². The van der Waals surface area contributed by atoms with Crippen LogP contribution in [0.15, 0.2) is 74.8 Å². The average molecular weight is 387 g/mol. The van der Waals surface area contributed by atoms with E-state index in [0.717, 1.165) is 0 Å². The molecule has 1 aromatic carbocycles. The summed E-state index contributed by atoms with van der Waals surface area (Å²) < 4.78 is 35.2. The summed E-state index contributed by atoms with van der Waals surface area (Å²) in [6.07, 6.45) is 3.10. The molecule has 6 nitrogen and oxygen atoms in total. The molecule has 0 aliphatic rings. The van der Waals surface area contributed by atoms with E-state index in [-0.39, 0.29) is 23.9 Å². The number of hydrogen-bond donors (Lipinski definition) is 0. The van der Waals surface area contributed by atoms with Crippen LogP contribution in [0.25, 0.3) is 0 Å². The van der Waals surface area contributed by atoms with Crippen molar-refractivity contribution < 1.29 is 22.0 Å². The van der Waals surface area contributed by atoms with Crippen LogP contribution in [0.1, 0.15) is 35.7 Å². The van der Waals surface area contributed by atoms with Gasteiger partial charge in [0.1, 0.15) is 11.5 Å². The minimum Gasteiger partial charge on any atom is -0.467 e. The molecule has 0 atom stereocenters. The van der Waals surface area contributed by atoms with Crippen LogP contribution in [0.3, 0.4) is 0 Å². The minimum atomic E-state index is -3.38. The Morgan fingerprint density at radius 3 is 1.85 bits per heavy atom. The van der Waals surface area contributed by atoms with E-state index >= 15 is 0 Å². The molecule has 2 aromatic heterocycles. The molecule has 3 rings (SSSR count). The van der Waals surface area contributed by atoms with Crippen LogP contribution < -0.4 is 0 Å². The van der Waals surface area contributed by atoms with Gasteiger partial charge in [-0.05, 0) is 62.4 Å². The number of hydrogen-bond acceptors (Lipinski definition) is 5. The van der Waals surface area contributed by atoms with Crippen molar-refractivity contribution in [3.05, 3.63) is 78.1 Å². The Hall–Kier alpha value is -2.80. The van der Waals surface area contributed by atoms with Crippen LogP contribution in [-0.2, 0) is 22.9 Å². The van der Waals surface area contributed by atoms with Crippen molar-refractivity contribution in [3.8, 4) is 0 Å². The smallest absolute Gasteiger partial charge is 0.254 e. The third kappa shape index (κ3) is 4.31. The fourth-order valence-corrected chi connectivity index (χ4v) is 3.68. The lowest BCUT2D eigenvalue weighted by atomic mass is 10.2. The molecular formula is C20H21NO5S. The standard InChI is InChI=1S/C20H21NO5S/c1-15(2)27(23,24)19-9-7-16(8-10-19)20(22)21(13-17-5-3-11-25-17)14-18-6-4-12-26-18/h3-12,15H,13-14H2,1-2H3. The Balaban J connectivity index is 1.84. The lowest BCUT2D eigenvalue weighted by Gasteiger charge is -2.21. The quantitative estimate of drug-likeness (QED) is 0.614. The van der Waals surface area contributed by atoms with Gasteiger partial charge in [0.05, 0.1) is 35.8 Å². The Morgan fingerprint density at radius 1 is 0.926 bits per heavy atom. The second-order valence-corrected chi connectivity index (χ2v) is 8.94. The lowest BCUT2D eigenvalue weighted by Crippen LogP contribution is -2.30. The Kier molecular flexibility index (Phi) is 5.51. The summed E-state index contributed by atoms with van der Waals surface area (Å²) in [5.41, 5.74) is 0.399. The van der Waals surface area contributed by atoms with Gasteiger partial charge in [-0.1, -0.05) is 0 Å². The lowest BCUT2D eigenvalue weighted by molar-refractivity contribution is 0.0704. The zero-order valence-corrected chi connectivity index (χ0v) is 16.0. The summed E-state index contributed by atoms with van der Waals surface area (Å²) in [6, 6.07) is 13.1. The highest BCUT2D eigenvalue weighted by molar-refractivity contribution is 7.92. The van der Waals surface area contributed by atoms with Crippen LogP contribution in [0.2, 0.25) is 0 Å². The van der Waals surface area contributed by atoms with E-state index in [1.165, 1.54) is 24.3 Å². The molecule has 0 saturated carbocycles. The van der Waals surface area contributed by atoms with Crippen LogP contribution in [0.5, 0.6) is 0 Å². The number of amides is 1. The number of furan rings is 2. The molecule has 3 aromatic rings. The van der Waals surface area contributed by atoms with E-state index in [0.29, 0.717) is 17.1 Å². The predicted molar refractivity (Wildman–Crippen MR) is 99.8 cm³/mol. The van der Waals surface area contributed by atoms with Gasteiger partial charge >= 0.3 is 0 Å². The Bertz CT molecular complexity index is 935. The highest BCUT2D eigenvalue weighted by Gasteiger charge is 2.22. The van der Waals surface area contributed by atoms with Crippen LogP contribution in [0.4, 0.5) is 0 Å². The van der Waals surface area contributed by atoms with Crippen LogP contribution >= 0.6 is 0 Å². The summed E-state index contributed by atoms with van der Waals surface area (Å²) in [6.45, 7) is 3.81. The molecule has 142 valence electrons. The second-order valence-electron chi connectivity index (χ2n) is 6.44. The van der Waals surface area contributed by atoms with Crippen molar-refractivity contribution in [2.45, 2.75) is 37.1 Å². The molecule has 27 heavy (non-hydrogen) atoms. The molecule has 0 radical (unpaired) electrons. The highest BCUT2D eigenvalue weighted by Crippen LogP contribution is 2.19. The first kappa shape index (κ1) is 19.0. The second kappa shape index (κ2) is 7.84. The fraction of sp³-hybridized carbons (Fsp3) is 0.250. The van der Waals surface area contributed by atoms with E-state index in [4.69, 9.17) is 8.83 Å². The zero-order chi connectivity index (χ0) is 19.4. The summed E-state index contributed by atoms with van der Waals surface area (Å²) in [7, 11) is -3.38. The maximum absolute atomic E-state index is 13.0. The van der Waals surface area contributed by atoms with Gasteiger partial charge in [-0.15, -0.1) is 0 Å². The number of rotatable bonds is 7. The van der Waals surface area contributed by atoms with Crippen LogP contribution in [-0.4, -0.2) is 24.5 Å². The zero-order valence-electron chi connectivity index (χ0n) is 15.2. The largest absolute Gasteiger partial charge is 0.467 e. The van der Waals surface area contributed by atoms with Crippen molar-refractivity contribution in [2.75, 3.05) is 0 Å². The number of benzene rings is 1. The van der Waals surface area contributed by atoms with E-state index in [1.807, 2.05) is 0 Å². The molecule has 1 amide bonds. The van der Waals surface area contributed by atoms with Gasteiger partial charge in [-0.3, -0.25) is 4.79 Å². The molecule has 0 bridgehead atoms. The summed E-state index contributed by atoms with van der Waals surface area (Å²) in [5.74, 6) is 1.05. The number of sulfone groups is 1. The topological polar surface area (TPSA) is 80.7 Å². The highest BCUT2D eigenvalue weighted by atomic mass is 32.2. The van der Waals surface area contributed by atoms with Gasteiger partial charge in [0.15, 0.2) is 9.84 Å². The van der Waals surface area contributed by atoms with Gasteiger partial charge in [0.25, 0.3) is 5.91 Å². The molecule has 0 aliphatic carbocycles. The molecule has 0 N–H and O–H groups in total. The average Bonchev–Trinajstić information content (AvgIpc) is 3.34. The van der Waals surface area contributed by atoms with Gasteiger partial charge in [0.2, 0.25) is 0 Å². The third-order valence-corrected chi connectivity index (χ3v) is 6.36. The number of carbonyl (C=O) groups is 1. The summed E-state index contributed by atoms with van der Waals surface area (Å²) >= 11 is 0. The molecule has 0 fully saturated rings. The van der Waals surface area contributed by atoms with Crippen molar-refractivity contribution in [2.24, 2.45) is 0 Å². The molecule has 7 heteroatoms. The monoisotopic (exact) mass is 387 g/mol. The third-order valence-electron chi connectivity index (χ3n) is 4.19. The fourth-order valence-electron chi connectivity index (χ4n) is 2.62. The van der Waals surface area contributed by atoms with Crippen molar-refractivity contribution in [1.29, 1.82) is 0 Å². The van der Waals surface area contributed by atoms with E-state index in [2.05, 4.69) is 0 Å². The predicted octanol–water partition coefficient (Wildman–Crippen LogP) is 3.90. The Morgan fingerprint density at radius 2 is 1.44 bits per heavy atom. The first-order chi connectivity index (χ1) is 12.9. The molecule has 2 heterocycles. The first-order valence-electron chi connectivity index (χ1n) is 8.56. The summed E-state index contributed by atoms with van der Waals surface area (Å²) in [4.78, 5) is 14.8. The first-order valence-corrected chi connectivity index (χ1v) is 10.1. The maximum Gasteiger partial charge on any atom is 0.254 e.